The molecule has 0 aliphatic carbocycles. The van der Waals surface area contributed by atoms with Crippen LogP contribution in [0, 0.1) is 0 Å². The normalized spacial score (nSPS) is 12.2. The lowest BCUT2D eigenvalue weighted by atomic mass is 10.2. The third-order valence-electron chi connectivity index (χ3n) is 3.03. The summed E-state index contributed by atoms with van der Waals surface area (Å²) >= 11 is 5.79. The molecule has 0 aromatic heterocycles. The fourth-order valence-corrected chi connectivity index (χ4v) is 2.83. The van der Waals surface area contributed by atoms with Gasteiger partial charge < -0.3 is 11.1 Å². The number of nitrogens with two attached hydrogens (primary N) is 1. The molecule has 0 spiro atoms. The minimum absolute atomic E-state index is 0.00727. The molecule has 1 aromatic rings. The molecule has 1 aromatic carbocycles. The average molecular weight is 333 g/mol. The molecule has 0 saturated carbocycles. The summed E-state index contributed by atoms with van der Waals surface area (Å²) in [5, 5.41) is 3.08. The van der Waals surface area contributed by atoms with Gasteiger partial charge in [0.15, 0.2) is 9.84 Å². The zero-order valence-corrected chi connectivity index (χ0v) is 14.0. The lowest BCUT2D eigenvalue weighted by Gasteiger charge is -2.18. The topological polar surface area (TPSA) is 89.3 Å². The van der Waals surface area contributed by atoms with Gasteiger partial charge >= 0.3 is 0 Å². The molecule has 5 nitrogen and oxygen atoms in total. The highest BCUT2D eigenvalue weighted by atomic mass is 35.5. The van der Waals surface area contributed by atoms with Crippen molar-refractivity contribution in [2.75, 3.05) is 16.8 Å². The van der Waals surface area contributed by atoms with Crippen molar-refractivity contribution < 1.29 is 13.2 Å². The van der Waals surface area contributed by atoms with Gasteiger partial charge in [-0.2, -0.15) is 0 Å². The first-order valence-corrected chi connectivity index (χ1v) is 8.63. The molecule has 0 aliphatic rings. The van der Waals surface area contributed by atoms with Gasteiger partial charge in [0.25, 0.3) is 0 Å². The summed E-state index contributed by atoms with van der Waals surface area (Å²) in [6, 6.07) is 4.80. The van der Waals surface area contributed by atoms with Gasteiger partial charge in [-0.05, 0) is 45.4 Å². The summed E-state index contributed by atoms with van der Waals surface area (Å²) in [6.07, 6.45) is 0.423. The Hall–Kier alpha value is -1.27. The zero-order valence-electron chi connectivity index (χ0n) is 12.4. The summed E-state index contributed by atoms with van der Waals surface area (Å²) in [7, 11) is -3.20. The molecular formula is C14H21ClN2O3S. The van der Waals surface area contributed by atoms with E-state index in [4.69, 9.17) is 17.3 Å². The maximum atomic E-state index is 11.9. The summed E-state index contributed by atoms with van der Waals surface area (Å²) in [4.78, 5) is 11.8. The number of rotatable bonds is 5. The Morgan fingerprint density at radius 1 is 1.33 bits per heavy atom. The Morgan fingerprint density at radius 2 is 1.95 bits per heavy atom. The van der Waals surface area contributed by atoms with Crippen molar-refractivity contribution in [2.45, 2.75) is 38.4 Å². The van der Waals surface area contributed by atoms with E-state index in [1.165, 1.54) is 0 Å². The van der Waals surface area contributed by atoms with Gasteiger partial charge in [0.2, 0.25) is 5.91 Å². The van der Waals surface area contributed by atoms with Crippen molar-refractivity contribution in [1.29, 1.82) is 0 Å². The van der Waals surface area contributed by atoms with E-state index in [2.05, 4.69) is 5.32 Å². The molecule has 0 atom stereocenters. The Balaban J connectivity index is 2.50. The number of amides is 1. The summed E-state index contributed by atoms with van der Waals surface area (Å²) < 4.78 is 23.0. The number of nitrogen functional groups attached to an aromatic ring is 1. The third-order valence-corrected chi connectivity index (χ3v) is 6.07. The van der Waals surface area contributed by atoms with Crippen molar-refractivity contribution in [3.05, 3.63) is 23.2 Å². The fourth-order valence-electron chi connectivity index (χ4n) is 1.57. The van der Waals surface area contributed by atoms with E-state index in [9.17, 15) is 13.2 Å². The quantitative estimate of drug-likeness (QED) is 0.811. The number of carbonyl (C=O) groups excluding carboxylic acids is 1. The lowest BCUT2D eigenvalue weighted by Crippen LogP contribution is -2.30. The van der Waals surface area contributed by atoms with Crippen molar-refractivity contribution in [2.24, 2.45) is 0 Å². The van der Waals surface area contributed by atoms with Gasteiger partial charge in [0, 0.05) is 12.1 Å². The predicted molar refractivity (Wildman–Crippen MR) is 87.3 cm³/mol. The van der Waals surface area contributed by atoms with E-state index in [0.29, 0.717) is 16.4 Å². The van der Waals surface area contributed by atoms with Crippen LogP contribution in [0.3, 0.4) is 0 Å². The molecule has 0 heterocycles. The molecule has 0 unspecified atom stereocenters. The minimum atomic E-state index is -3.20. The second-order valence-corrected chi connectivity index (χ2v) is 9.09. The summed E-state index contributed by atoms with van der Waals surface area (Å²) in [5.74, 6) is -0.256. The molecule has 3 N–H and O–H groups in total. The van der Waals surface area contributed by atoms with Crippen molar-refractivity contribution in [3.63, 3.8) is 0 Å². The van der Waals surface area contributed by atoms with Gasteiger partial charge in [-0.1, -0.05) is 11.6 Å². The molecule has 0 aliphatic heterocycles. The van der Waals surface area contributed by atoms with Gasteiger partial charge in [0.05, 0.1) is 21.2 Å². The highest BCUT2D eigenvalue weighted by Crippen LogP contribution is 2.22. The second-order valence-electron chi connectivity index (χ2n) is 5.82. The van der Waals surface area contributed by atoms with Crippen LogP contribution in [0.4, 0.5) is 11.4 Å². The molecule has 0 saturated heterocycles. The largest absolute Gasteiger partial charge is 0.397 e. The Morgan fingerprint density at radius 3 is 2.48 bits per heavy atom. The number of sulfone groups is 1. The van der Waals surface area contributed by atoms with Crippen LogP contribution in [-0.2, 0) is 14.6 Å². The zero-order chi connectivity index (χ0) is 16.3. The predicted octanol–water partition coefficient (Wildman–Crippen LogP) is 2.85. The van der Waals surface area contributed by atoms with Crippen LogP contribution in [0.15, 0.2) is 18.2 Å². The van der Waals surface area contributed by atoms with E-state index in [1.807, 2.05) is 0 Å². The first kappa shape index (κ1) is 17.8. The van der Waals surface area contributed by atoms with E-state index in [0.717, 1.165) is 0 Å². The Labute approximate surface area is 130 Å². The van der Waals surface area contributed by atoms with E-state index in [-0.39, 0.29) is 24.5 Å². The smallest absolute Gasteiger partial charge is 0.224 e. The summed E-state index contributed by atoms with van der Waals surface area (Å²) in [6.45, 7) is 4.96. The van der Waals surface area contributed by atoms with E-state index in [1.54, 1.807) is 39.0 Å². The number of benzene rings is 1. The Kier molecular flexibility index (Phi) is 5.64. The van der Waals surface area contributed by atoms with Gasteiger partial charge in [-0.3, -0.25) is 4.79 Å². The number of halogens is 1. The molecule has 0 bridgehead atoms. The van der Waals surface area contributed by atoms with Gasteiger partial charge in [-0.15, -0.1) is 0 Å². The highest BCUT2D eigenvalue weighted by molar-refractivity contribution is 7.92. The monoisotopic (exact) mass is 332 g/mol. The Bertz CT molecular complexity index is 622. The van der Waals surface area contributed by atoms with Crippen LogP contribution in [0.2, 0.25) is 5.02 Å². The van der Waals surface area contributed by atoms with Crippen LogP contribution in [-0.4, -0.2) is 24.8 Å². The van der Waals surface area contributed by atoms with Gasteiger partial charge in [0.1, 0.15) is 0 Å². The lowest BCUT2D eigenvalue weighted by molar-refractivity contribution is -0.116. The van der Waals surface area contributed by atoms with Crippen LogP contribution < -0.4 is 11.1 Å². The minimum Gasteiger partial charge on any atom is -0.397 e. The van der Waals surface area contributed by atoms with Crippen LogP contribution >= 0.6 is 11.6 Å². The van der Waals surface area contributed by atoms with Crippen LogP contribution in [0.5, 0.6) is 0 Å². The van der Waals surface area contributed by atoms with Gasteiger partial charge in [-0.25, -0.2) is 8.42 Å². The molecule has 1 rings (SSSR count). The van der Waals surface area contributed by atoms with Crippen molar-refractivity contribution in [3.8, 4) is 0 Å². The van der Waals surface area contributed by atoms with Crippen LogP contribution in [0.25, 0.3) is 0 Å². The average Bonchev–Trinajstić information content (AvgIpc) is 2.32. The number of nitrogens with one attached hydrogen (secondary N) is 1. The molecule has 7 heteroatoms. The molecule has 118 valence electrons. The fraction of sp³-hybridized carbons (Fsp3) is 0.500. The molecule has 0 radical (unpaired) electrons. The van der Waals surface area contributed by atoms with Crippen molar-refractivity contribution >= 4 is 38.7 Å². The number of carbonyl (C=O) groups is 1. The number of hydrogen-bond donors (Lipinski definition) is 2. The molecular weight excluding hydrogens is 312 g/mol. The first-order chi connectivity index (χ1) is 9.53. The maximum absolute atomic E-state index is 11.9. The molecule has 0 fully saturated rings. The number of hydrogen-bond acceptors (Lipinski definition) is 4. The second kappa shape index (κ2) is 6.66. The molecule has 1 amide bonds. The third kappa shape index (κ3) is 5.21. The highest BCUT2D eigenvalue weighted by Gasteiger charge is 2.28. The molecule has 21 heavy (non-hydrogen) atoms. The first-order valence-electron chi connectivity index (χ1n) is 6.60. The summed E-state index contributed by atoms with van der Waals surface area (Å²) in [5.41, 5.74) is 6.56. The number of anilines is 2. The maximum Gasteiger partial charge on any atom is 0.224 e. The van der Waals surface area contributed by atoms with E-state index < -0.39 is 14.6 Å². The van der Waals surface area contributed by atoms with E-state index >= 15 is 0 Å². The van der Waals surface area contributed by atoms with Crippen LogP contribution in [0.1, 0.15) is 33.6 Å². The van der Waals surface area contributed by atoms with Crippen molar-refractivity contribution in [1.82, 2.24) is 0 Å². The SMILES string of the molecule is CC(C)(C)S(=O)(=O)CCCC(=O)Nc1ccc(Cl)c(N)c1. The standard InChI is InChI=1S/C14H21ClN2O3S/c1-14(2,3)21(19,20)8-4-5-13(18)17-10-6-7-11(15)12(16)9-10/h6-7,9H,4-5,8,16H2,1-3H3,(H,17,18).